The molecule has 3 atom stereocenters. The summed E-state index contributed by atoms with van der Waals surface area (Å²) >= 11 is 5.95. The average Bonchev–Trinajstić information content (AvgIpc) is 2.22. The van der Waals surface area contributed by atoms with Gasteiger partial charge in [-0.3, -0.25) is 0 Å². The Hall–Kier alpha value is 0.170. The first-order valence-corrected chi connectivity index (χ1v) is 6.09. The van der Waals surface area contributed by atoms with E-state index in [0.717, 1.165) is 19.4 Å². The van der Waals surface area contributed by atoms with Crippen molar-refractivity contribution in [2.45, 2.75) is 43.8 Å². The Morgan fingerprint density at radius 1 is 1.27 bits per heavy atom. The summed E-state index contributed by atoms with van der Waals surface area (Å²) in [6.45, 7) is 4.28. The maximum Gasteiger partial charge on any atom is 0.0997 e. The van der Waals surface area contributed by atoms with Crippen molar-refractivity contribution >= 4 is 11.6 Å². The number of alkyl halides is 1. The molecule has 0 aromatic heterocycles. The number of ether oxygens (including phenoxy) is 3. The average molecular weight is 237 g/mol. The van der Waals surface area contributed by atoms with Crippen molar-refractivity contribution in [2.75, 3.05) is 26.9 Å². The lowest BCUT2D eigenvalue weighted by Gasteiger charge is -2.39. The zero-order valence-electron chi connectivity index (χ0n) is 9.58. The largest absolute Gasteiger partial charge is 0.379 e. The first-order valence-electron chi connectivity index (χ1n) is 5.65. The standard InChI is InChI=1S/C11H21ClO3/c1-3-4-5-14-6-7-15-10-8-9(12)11(10)13-2/h9-11H,3-8H2,1-2H3. The van der Waals surface area contributed by atoms with Crippen LogP contribution in [0.2, 0.25) is 0 Å². The number of hydrogen-bond acceptors (Lipinski definition) is 3. The van der Waals surface area contributed by atoms with E-state index < -0.39 is 0 Å². The van der Waals surface area contributed by atoms with E-state index in [4.69, 9.17) is 25.8 Å². The van der Waals surface area contributed by atoms with Gasteiger partial charge in [0.1, 0.15) is 0 Å². The second kappa shape index (κ2) is 7.44. The van der Waals surface area contributed by atoms with Gasteiger partial charge in [-0.1, -0.05) is 13.3 Å². The highest BCUT2D eigenvalue weighted by atomic mass is 35.5. The zero-order valence-corrected chi connectivity index (χ0v) is 10.3. The Morgan fingerprint density at radius 2 is 2.07 bits per heavy atom. The zero-order chi connectivity index (χ0) is 11.1. The molecule has 0 radical (unpaired) electrons. The third kappa shape index (κ3) is 4.27. The van der Waals surface area contributed by atoms with Crippen LogP contribution in [0.25, 0.3) is 0 Å². The van der Waals surface area contributed by atoms with E-state index in [2.05, 4.69) is 6.92 Å². The maximum absolute atomic E-state index is 5.95. The SMILES string of the molecule is CCCCOCCOC1CC(Cl)C1OC. The molecule has 15 heavy (non-hydrogen) atoms. The minimum atomic E-state index is 0.0577. The third-order valence-electron chi connectivity index (χ3n) is 2.65. The van der Waals surface area contributed by atoms with Crippen molar-refractivity contribution in [3.05, 3.63) is 0 Å². The summed E-state index contributed by atoms with van der Waals surface area (Å²) in [5, 5.41) is 0.112. The molecule has 0 aliphatic heterocycles. The van der Waals surface area contributed by atoms with Gasteiger partial charge in [-0.25, -0.2) is 0 Å². The molecule has 4 heteroatoms. The molecular formula is C11H21ClO3. The van der Waals surface area contributed by atoms with Crippen LogP contribution in [0, 0.1) is 0 Å². The maximum atomic E-state index is 5.95. The molecule has 1 saturated carbocycles. The summed E-state index contributed by atoms with van der Waals surface area (Å²) in [4.78, 5) is 0. The van der Waals surface area contributed by atoms with Crippen molar-refractivity contribution in [1.29, 1.82) is 0 Å². The molecule has 3 unspecified atom stereocenters. The highest BCUT2D eigenvalue weighted by Gasteiger charge is 2.40. The first kappa shape index (κ1) is 13.2. The highest BCUT2D eigenvalue weighted by molar-refractivity contribution is 6.21. The predicted molar refractivity (Wildman–Crippen MR) is 60.5 cm³/mol. The second-order valence-corrected chi connectivity index (χ2v) is 4.39. The fourth-order valence-electron chi connectivity index (χ4n) is 1.60. The summed E-state index contributed by atoms with van der Waals surface area (Å²) in [6, 6.07) is 0. The van der Waals surface area contributed by atoms with Gasteiger partial charge in [0.2, 0.25) is 0 Å². The van der Waals surface area contributed by atoms with E-state index >= 15 is 0 Å². The van der Waals surface area contributed by atoms with Gasteiger partial charge < -0.3 is 14.2 Å². The molecule has 0 N–H and O–H groups in total. The number of hydrogen-bond donors (Lipinski definition) is 0. The molecule has 0 bridgehead atoms. The minimum Gasteiger partial charge on any atom is -0.379 e. The summed E-state index contributed by atoms with van der Waals surface area (Å²) in [5.74, 6) is 0. The van der Waals surface area contributed by atoms with E-state index in [1.54, 1.807) is 7.11 Å². The van der Waals surface area contributed by atoms with Crippen LogP contribution >= 0.6 is 11.6 Å². The van der Waals surface area contributed by atoms with Gasteiger partial charge in [-0.2, -0.15) is 0 Å². The van der Waals surface area contributed by atoms with E-state index in [9.17, 15) is 0 Å². The molecule has 0 aromatic rings. The van der Waals surface area contributed by atoms with Crippen LogP contribution in [-0.4, -0.2) is 44.5 Å². The van der Waals surface area contributed by atoms with Crippen LogP contribution in [0.5, 0.6) is 0 Å². The number of unbranched alkanes of at least 4 members (excludes halogenated alkanes) is 1. The molecule has 0 amide bonds. The van der Waals surface area contributed by atoms with Crippen LogP contribution in [0.4, 0.5) is 0 Å². The van der Waals surface area contributed by atoms with Crippen LogP contribution in [0.3, 0.4) is 0 Å². The van der Waals surface area contributed by atoms with Gasteiger partial charge in [0.15, 0.2) is 0 Å². The predicted octanol–water partition coefficient (Wildman–Crippen LogP) is 2.21. The molecule has 0 aromatic carbocycles. The molecule has 0 spiro atoms. The first-order chi connectivity index (χ1) is 7.29. The highest BCUT2D eigenvalue weighted by Crippen LogP contribution is 2.31. The Kier molecular flexibility index (Phi) is 6.57. The van der Waals surface area contributed by atoms with Gasteiger partial charge in [0.25, 0.3) is 0 Å². The fraction of sp³-hybridized carbons (Fsp3) is 1.00. The molecule has 1 aliphatic carbocycles. The van der Waals surface area contributed by atoms with Crippen molar-refractivity contribution in [3.63, 3.8) is 0 Å². The molecule has 1 rings (SSSR count). The quantitative estimate of drug-likeness (QED) is 0.478. The van der Waals surface area contributed by atoms with E-state index in [0.29, 0.717) is 13.2 Å². The smallest absolute Gasteiger partial charge is 0.0997 e. The van der Waals surface area contributed by atoms with Gasteiger partial charge in [0, 0.05) is 13.7 Å². The molecule has 0 saturated heterocycles. The Bertz CT molecular complexity index is 166. The lowest BCUT2D eigenvalue weighted by Crippen LogP contribution is -2.50. The van der Waals surface area contributed by atoms with Crippen molar-refractivity contribution in [3.8, 4) is 0 Å². The Balaban J connectivity index is 1.92. The van der Waals surface area contributed by atoms with Gasteiger partial charge >= 0.3 is 0 Å². The molecular weight excluding hydrogens is 216 g/mol. The van der Waals surface area contributed by atoms with Crippen molar-refractivity contribution in [2.24, 2.45) is 0 Å². The summed E-state index contributed by atoms with van der Waals surface area (Å²) in [7, 11) is 1.67. The topological polar surface area (TPSA) is 27.7 Å². The van der Waals surface area contributed by atoms with Gasteiger partial charge in [-0.15, -0.1) is 11.6 Å². The molecule has 1 fully saturated rings. The molecule has 1 aliphatic rings. The summed E-state index contributed by atoms with van der Waals surface area (Å²) < 4.78 is 16.2. The van der Waals surface area contributed by atoms with Gasteiger partial charge in [-0.05, 0) is 12.8 Å². The molecule has 90 valence electrons. The van der Waals surface area contributed by atoms with Gasteiger partial charge in [0.05, 0.1) is 30.8 Å². The fourth-order valence-corrected chi connectivity index (χ4v) is 2.04. The van der Waals surface area contributed by atoms with Crippen LogP contribution in [-0.2, 0) is 14.2 Å². The molecule has 0 heterocycles. The monoisotopic (exact) mass is 236 g/mol. The third-order valence-corrected chi connectivity index (χ3v) is 3.08. The summed E-state index contributed by atoms with van der Waals surface area (Å²) in [5.41, 5.74) is 0. The number of halogens is 1. The Morgan fingerprint density at radius 3 is 2.67 bits per heavy atom. The number of methoxy groups -OCH3 is 1. The lowest BCUT2D eigenvalue weighted by molar-refractivity contribution is -0.118. The normalized spacial score (nSPS) is 30.2. The van der Waals surface area contributed by atoms with Crippen molar-refractivity contribution < 1.29 is 14.2 Å². The number of rotatable bonds is 8. The van der Waals surface area contributed by atoms with Crippen LogP contribution < -0.4 is 0 Å². The van der Waals surface area contributed by atoms with Crippen molar-refractivity contribution in [1.82, 2.24) is 0 Å². The summed E-state index contributed by atoms with van der Waals surface area (Å²) in [6.07, 6.45) is 3.39. The van der Waals surface area contributed by atoms with Crippen LogP contribution in [0.15, 0.2) is 0 Å². The van der Waals surface area contributed by atoms with E-state index in [1.165, 1.54) is 6.42 Å². The van der Waals surface area contributed by atoms with E-state index in [1.807, 2.05) is 0 Å². The Labute approximate surface area is 97.0 Å². The molecule has 3 nitrogen and oxygen atoms in total. The van der Waals surface area contributed by atoms with E-state index in [-0.39, 0.29) is 17.6 Å². The minimum absolute atomic E-state index is 0.0577. The second-order valence-electron chi connectivity index (χ2n) is 3.83. The van der Waals surface area contributed by atoms with Crippen LogP contribution in [0.1, 0.15) is 26.2 Å². The lowest BCUT2D eigenvalue weighted by atomic mass is 9.91.